The first-order valence-electron chi connectivity index (χ1n) is 6.87. The van der Waals surface area contributed by atoms with Gasteiger partial charge >= 0.3 is 0 Å². The Labute approximate surface area is 124 Å². The predicted molar refractivity (Wildman–Crippen MR) is 82.9 cm³/mol. The van der Waals surface area contributed by atoms with Gasteiger partial charge in [0.2, 0.25) is 5.91 Å². The maximum Gasteiger partial charge on any atom is 0.248 e. The average Bonchev–Trinajstić information content (AvgIpc) is 2.40. The monoisotopic (exact) mass is 286 g/mol. The molecule has 0 spiro atoms. The number of benzene rings is 2. The minimum absolute atomic E-state index is 0.143. The van der Waals surface area contributed by atoms with Crippen LogP contribution in [0.5, 0.6) is 0 Å². The minimum atomic E-state index is -0.433. The first kappa shape index (κ1) is 15.0. The van der Waals surface area contributed by atoms with Gasteiger partial charge in [-0.2, -0.15) is 0 Å². The summed E-state index contributed by atoms with van der Waals surface area (Å²) in [6.07, 6.45) is 0.717. The highest BCUT2D eigenvalue weighted by atomic mass is 19.1. The summed E-state index contributed by atoms with van der Waals surface area (Å²) in [5, 5.41) is 3.37. The predicted octanol–water partition coefficient (Wildman–Crippen LogP) is 3.28. The number of primary amides is 1. The summed E-state index contributed by atoms with van der Waals surface area (Å²) in [5.41, 5.74) is 8.60. The van der Waals surface area contributed by atoms with Gasteiger partial charge in [-0.15, -0.1) is 0 Å². The van der Waals surface area contributed by atoms with Crippen LogP contribution in [-0.4, -0.2) is 11.9 Å². The van der Waals surface area contributed by atoms with Crippen molar-refractivity contribution in [3.05, 3.63) is 65.0 Å². The zero-order valence-corrected chi connectivity index (χ0v) is 12.2. The van der Waals surface area contributed by atoms with Crippen LogP contribution >= 0.6 is 0 Å². The third-order valence-corrected chi connectivity index (χ3v) is 3.34. The Bertz CT molecular complexity index is 655. The number of hydrogen-bond acceptors (Lipinski definition) is 2. The number of carbonyl (C=O) groups excluding carboxylic acids is 1. The van der Waals surface area contributed by atoms with E-state index in [1.807, 2.05) is 26.0 Å². The molecule has 2 aromatic rings. The number of aryl methyl sites for hydroxylation is 1. The Balaban J connectivity index is 2.06. The van der Waals surface area contributed by atoms with Gasteiger partial charge < -0.3 is 11.1 Å². The normalized spacial score (nSPS) is 12.0. The number of halogens is 1. The molecule has 4 heteroatoms. The highest BCUT2D eigenvalue weighted by Crippen LogP contribution is 2.18. The van der Waals surface area contributed by atoms with Gasteiger partial charge in [0.1, 0.15) is 5.82 Å². The van der Waals surface area contributed by atoms with Crippen molar-refractivity contribution in [2.45, 2.75) is 26.3 Å². The van der Waals surface area contributed by atoms with E-state index in [9.17, 15) is 9.18 Å². The van der Waals surface area contributed by atoms with Crippen molar-refractivity contribution < 1.29 is 9.18 Å². The van der Waals surface area contributed by atoms with E-state index in [4.69, 9.17) is 5.73 Å². The van der Waals surface area contributed by atoms with Gasteiger partial charge in [-0.3, -0.25) is 4.79 Å². The first-order valence-corrected chi connectivity index (χ1v) is 6.87. The number of anilines is 1. The molecule has 0 aromatic heterocycles. The standard InChI is InChI=1S/C17H19FN2O/c1-11-8-14(17(19)21)6-7-16(11)20-12(2)9-13-4-3-5-15(18)10-13/h3-8,10,12,20H,9H2,1-2H3,(H2,19,21). The zero-order valence-electron chi connectivity index (χ0n) is 12.2. The minimum Gasteiger partial charge on any atom is -0.382 e. The smallest absolute Gasteiger partial charge is 0.248 e. The van der Waals surface area contributed by atoms with Crippen molar-refractivity contribution >= 4 is 11.6 Å². The first-order chi connectivity index (χ1) is 9.95. The number of rotatable bonds is 5. The van der Waals surface area contributed by atoms with E-state index in [1.165, 1.54) is 6.07 Å². The third kappa shape index (κ3) is 4.05. The Morgan fingerprint density at radius 3 is 2.67 bits per heavy atom. The Morgan fingerprint density at radius 1 is 1.29 bits per heavy atom. The van der Waals surface area contributed by atoms with Gasteiger partial charge in [-0.25, -0.2) is 4.39 Å². The molecule has 0 fully saturated rings. The number of amides is 1. The van der Waals surface area contributed by atoms with Gasteiger partial charge in [-0.1, -0.05) is 12.1 Å². The molecule has 110 valence electrons. The second-order valence-corrected chi connectivity index (χ2v) is 5.27. The number of hydrogen-bond donors (Lipinski definition) is 2. The van der Waals surface area contributed by atoms with Crippen molar-refractivity contribution in [2.75, 3.05) is 5.32 Å². The number of nitrogens with two attached hydrogens (primary N) is 1. The lowest BCUT2D eigenvalue weighted by Crippen LogP contribution is -2.19. The zero-order chi connectivity index (χ0) is 15.4. The van der Waals surface area contributed by atoms with Crippen LogP contribution in [0.1, 0.15) is 28.4 Å². The molecule has 0 radical (unpaired) electrons. The van der Waals surface area contributed by atoms with Crippen LogP contribution < -0.4 is 11.1 Å². The molecular weight excluding hydrogens is 267 g/mol. The van der Waals surface area contributed by atoms with Crippen molar-refractivity contribution in [3.63, 3.8) is 0 Å². The largest absolute Gasteiger partial charge is 0.382 e. The molecule has 0 saturated carbocycles. The van der Waals surface area contributed by atoms with Crippen LogP contribution in [0.15, 0.2) is 42.5 Å². The van der Waals surface area contributed by atoms with Crippen molar-refractivity contribution in [1.29, 1.82) is 0 Å². The molecule has 0 bridgehead atoms. The van der Waals surface area contributed by atoms with E-state index in [0.717, 1.165) is 23.2 Å². The van der Waals surface area contributed by atoms with Crippen molar-refractivity contribution in [3.8, 4) is 0 Å². The lowest BCUT2D eigenvalue weighted by molar-refractivity contribution is 0.1000. The summed E-state index contributed by atoms with van der Waals surface area (Å²) in [6, 6.07) is 12.1. The topological polar surface area (TPSA) is 55.1 Å². The third-order valence-electron chi connectivity index (χ3n) is 3.34. The van der Waals surface area contributed by atoms with E-state index in [2.05, 4.69) is 5.32 Å². The molecule has 3 nitrogen and oxygen atoms in total. The molecule has 1 amide bonds. The van der Waals surface area contributed by atoms with E-state index in [1.54, 1.807) is 24.3 Å². The lowest BCUT2D eigenvalue weighted by Gasteiger charge is -2.17. The second kappa shape index (κ2) is 6.39. The lowest BCUT2D eigenvalue weighted by atomic mass is 10.0. The fourth-order valence-corrected chi connectivity index (χ4v) is 2.31. The van der Waals surface area contributed by atoms with E-state index < -0.39 is 5.91 Å². The Kier molecular flexibility index (Phi) is 4.58. The summed E-state index contributed by atoms with van der Waals surface area (Å²) in [5.74, 6) is -0.654. The van der Waals surface area contributed by atoms with Gasteiger partial charge in [0.25, 0.3) is 0 Å². The average molecular weight is 286 g/mol. The molecular formula is C17H19FN2O. The van der Waals surface area contributed by atoms with E-state index in [-0.39, 0.29) is 11.9 Å². The van der Waals surface area contributed by atoms with Crippen molar-refractivity contribution in [1.82, 2.24) is 0 Å². The quantitative estimate of drug-likeness (QED) is 0.886. The molecule has 0 saturated heterocycles. The molecule has 2 rings (SSSR count). The van der Waals surface area contributed by atoms with E-state index >= 15 is 0 Å². The van der Waals surface area contributed by atoms with Crippen LogP contribution in [0.2, 0.25) is 0 Å². The van der Waals surface area contributed by atoms with Gasteiger partial charge in [0.15, 0.2) is 0 Å². The summed E-state index contributed by atoms with van der Waals surface area (Å²) in [4.78, 5) is 11.1. The number of carbonyl (C=O) groups is 1. The summed E-state index contributed by atoms with van der Waals surface area (Å²) >= 11 is 0. The van der Waals surface area contributed by atoms with E-state index in [0.29, 0.717) is 5.56 Å². The SMILES string of the molecule is Cc1cc(C(N)=O)ccc1NC(C)Cc1cccc(F)c1. The number of nitrogens with one attached hydrogen (secondary N) is 1. The molecule has 0 aliphatic carbocycles. The van der Waals surface area contributed by atoms with Crippen LogP contribution in [0.3, 0.4) is 0 Å². The van der Waals surface area contributed by atoms with Gasteiger partial charge in [0, 0.05) is 17.3 Å². The van der Waals surface area contributed by atoms with Crippen LogP contribution in [-0.2, 0) is 6.42 Å². The molecule has 0 aliphatic rings. The highest BCUT2D eigenvalue weighted by Gasteiger charge is 2.08. The fraction of sp³-hybridized carbons (Fsp3) is 0.235. The van der Waals surface area contributed by atoms with Crippen LogP contribution in [0, 0.1) is 12.7 Å². The Morgan fingerprint density at radius 2 is 2.05 bits per heavy atom. The molecule has 21 heavy (non-hydrogen) atoms. The highest BCUT2D eigenvalue weighted by molar-refractivity contribution is 5.93. The van der Waals surface area contributed by atoms with Crippen LogP contribution in [0.4, 0.5) is 10.1 Å². The van der Waals surface area contributed by atoms with Gasteiger partial charge in [0.05, 0.1) is 0 Å². The maximum absolute atomic E-state index is 13.2. The van der Waals surface area contributed by atoms with Crippen molar-refractivity contribution in [2.24, 2.45) is 5.73 Å². The fourth-order valence-electron chi connectivity index (χ4n) is 2.31. The summed E-state index contributed by atoms with van der Waals surface area (Å²) in [7, 11) is 0. The van der Waals surface area contributed by atoms with Gasteiger partial charge in [-0.05, 0) is 61.7 Å². The molecule has 1 unspecified atom stereocenters. The molecule has 2 aromatic carbocycles. The maximum atomic E-state index is 13.2. The second-order valence-electron chi connectivity index (χ2n) is 5.27. The summed E-state index contributed by atoms with van der Waals surface area (Å²) < 4.78 is 13.2. The van der Waals surface area contributed by atoms with Crippen LogP contribution in [0.25, 0.3) is 0 Å². The molecule has 3 N–H and O–H groups in total. The Hall–Kier alpha value is -2.36. The molecule has 1 atom stereocenters. The summed E-state index contributed by atoms with van der Waals surface area (Å²) in [6.45, 7) is 3.95. The molecule has 0 aliphatic heterocycles. The molecule has 0 heterocycles.